The molecule has 2 heteroatoms. The van der Waals surface area contributed by atoms with Gasteiger partial charge in [0.15, 0.2) is 0 Å². The highest BCUT2D eigenvalue weighted by Gasteiger charge is 2.18. The second-order valence-electron chi connectivity index (χ2n) is 4.64. The normalized spacial score (nSPS) is 17.8. The average molecular weight is 218 g/mol. The lowest BCUT2D eigenvalue weighted by Crippen LogP contribution is -2.36. The first-order valence-corrected chi connectivity index (χ1v) is 6.38. The first kappa shape index (κ1) is 11.5. The molecule has 2 rings (SSSR count). The second-order valence-corrected chi connectivity index (χ2v) is 4.64. The molecule has 0 aromatic heterocycles. The molecular formula is C14H22N2. The third-order valence-corrected chi connectivity index (χ3v) is 3.38. The molecule has 0 saturated heterocycles. The Hall–Kier alpha value is -1.02. The van der Waals surface area contributed by atoms with Gasteiger partial charge in [0.25, 0.3) is 0 Å². The van der Waals surface area contributed by atoms with Crippen molar-refractivity contribution in [1.82, 2.24) is 5.32 Å². The lowest BCUT2D eigenvalue weighted by molar-refractivity contribution is 0.573. The minimum atomic E-state index is 0.644. The van der Waals surface area contributed by atoms with E-state index in [9.17, 15) is 0 Å². The summed E-state index contributed by atoms with van der Waals surface area (Å²) >= 11 is 0. The number of rotatable bonds is 3. The fourth-order valence-electron chi connectivity index (χ4n) is 2.51. The number of nitrogens with zero attached hydrogens (tertiary/aromatic N) is 1. The van der Waals surface area contributed by atoms with Crippen LogP contribution in [-0.4, -0.2) is 19.1 Å². The average Bonchev–Trinajstić information content (AvgIpc) is 2.51. The third kappa shape index (κ3) is 2.38. The van der Waals surface area contributed by atoms with Gasteiger partial charge in [0.2, 0.25) is 0 Å². The number of benzene rings is 1. The molecule has 0 saturated carbocycles. The van der Waals surface area contributed by atoms with Crippen molar-refractivity contribution >= 4 is 5.69 Å². The van der Waals surface area contributed by atoms with Gasteiger partial charge < -0.3 is 10.2 Å². The van der Waals surface area contributed by atoms with Crippen LogP contribution >= 0.6 is 0 Å². The molecule has 1 atom stereocenters. The lowest BCUT2D eigenvalue weighted by atomic mass is 10.1. The van der Waals surface area contributed by atoms with Gasteiger partial charge in [0, 0.05) is 31.4 Å². The summed E-state index contributed by atoms with van der Waals surface area (Å²) in [5, 5.41) is 3.49. The van der Waals surface area contributed by atoms with Crippen LogP contribution < -0.4 is 10.2 Å². The molecule has 1 aliphatic rings. The van der Waals surface area contributed by atoms with Crippen LogP contribution in [0.1, 0.15) is 32.3 Å². The van der Waals surface area contributed by atoms with Gasteiger partial charge in [-0.1, -0.05) is 31.5 Å². The summed E-state index contributed by atoms with van der Waals surface area (Å²) in [5.74, 6) is 0. The molecule has 16 heavy (non-hydrogen) atoms. The lowest BCUT2D eigenvalue weighted by Gasteiger charge is -2.31. The zero-order valence-electron chi connectivity index (χ0n) is 10.4. The van der Waals surface area contributed by atoms with E-state index in [0.29, 0.717) is 6.04 Å². The van der Waals surface area contributed by atoms with Crippen molar-refractivity contribution in [2.45, 2.75) is 39.3 Å². The molecule has 1 aliphatic heterocycles. The van der Waals surface area contributed by atoms with Gasteiger partial charge in [-0.05, 0) is 25.0 Å². The van der Waals surface area contributed by atoms with Crippen molar-refractivity contribution < 1.29 is 0 Å². The minimum absolute atomic E-state index is 0.644. The van der Waals surface area contributed by atoms with E-state index in [1.165, 1.54) is 24.1 Å². The Bertz CT molecular complexity index is 335. The van der Waals surface area contributed by atoms with Crippen LogP contribution in [0.5, 0.6) is 0 Å². The van der Waals surface area contributed by atoms with Gasteiger partial charge in [0.1, 0.15) is 0 Å². The van der Waals surface area contributed by atoms with Crippen molar-refractivity contribution in [2.24, 2.45) is 0 Å². The summed E-state index contributed by atoms with van der Waals surface area (Å²) in [6.07, 6.45) is 2.53. The maximum atomic E-state index is 3.49. The molecular weight excluding hydrogens is 196 g/mol. The molecule has 0 amide bonds. The van der Waals surface area contributed by atoms with Crippen molar-refractivity contribution in [3.63, 3.8) is 0 Å². The number of nitrogens with one attached hydrogen (secondary N) is 1. The van der Waals surface area contributed by atoms with E-state index in [4.69, 9.17) is 0 Å². The smallest absolute Gasteiger partial charge is 0.0414 e. The molecule has 1 aromatic carbocycles. The molecule has 0 bridgehead atoms. The Labute approximate surface area is 98.7 Å². The highest BCUT2D eigenvalue weighted by Crippen LogP contribution is 2.25. The zero-order valence-corrected chi connectivity index (χ0v) is 10.4. The Kier molecular flexibility index (Phi) is 3.83. The van der Waals surface area contributed by atoms with Gasteiger partial charge in [-0.3, -0.25) is 0 Å². The quantitative estimate of drug-likeness (QED) is 0.839. The molecule has 1 heterocycles. The summed E-state index contributed by atoms with van der Waals surface area (Å²) in [7, 11) is 0. The molecule has 1 N–H and O–H groups in total. The Balaban J connectivity index is 2.25. The van der Waals surface area contributed by atoms with Gasteiger partial charge in [-0.25, -0.2) is 0 Å². The summed E-state index contributed by atoms with van der Waals surface area (Å²) in [4.78, 5) is 2.55. The molecule has 0 aliphatic carbocycles. The summed E-state index contributed by atoms with van der Waals surface area (Å²) in [5.41, 5.74) is 2.86. The van der Waals surface area contributed by atoms with Gasteiger partial charge >= 0.3 is 0 Å². The molecule has 0 fully saturated rings. The van der Waals surface area contributed by atoms with Crippen LogP contribution in [0.2, 0.25) is 0 Å². The Morgan fingerprint density at radius 3 is 3.00 bits per heavy atom. The van der Waals surface area contributed by atoms with E-state index >= 15 is 0 Å². The second kappa shape index (κ2) is 5.35. The maximum absolute atomic E-state index is 3.49. The Morgan fingerprint density at radius 1 is 1.38 bits per heavy atom. The number of anilines is 1. The van der Waals surface area contributed by atoms with E-state index in [1.54, 1.807) is 0 Å². The zero-order chi connectivity index (χ0) is 11.4. The van der Waals surface area contributed by atoms with Crippen molar-refractivity contribution in [3.8, 4) is 0 Å². The van der Waals surface area contributed by atoms with Crippen molar-refractivity contribution in [1.29, 1.82) is 0 Å². The number of fused-ring (bicyclic) bond motifs is 1. The molecule has 0 radical (unpaired) electrons. The Morgan fingerprint density at radius 2 is 2.19 bits per heavy atom. The van der Waals surface area contributed by atoms with Crippen LogP contribution in [0.25, 0.3) is 0 Å². The summed E-state index contributed by atoms with van der Waals surface area (Å²) in [6.45, 7) is 7.82. The number of para-hydroxylation sites is 1. The van der Waals surface area contributed by atoms with E-state index in [2.05, 4.69) is 48.3 Å². The molecule has 88 valence electrons. The highest BCUT2D eigenvalue weighted by atomic mass is 15.2. The maximum Gasteiger partial charge on any atom is 0.0414 e. The summed E-state index contributed by atoms with van der Waals surface area (Å²) in [6, 6.07) is 9.42. The minimum Gasteiger partial charge on any atom is -0.367 e. The van der Waals surface area contributed by atoms with Crippen LogP contribution in [0.3, 0.4) is 0 Å². The first-order chi connectivity index (χ1) is 7.83. The summed E-state index contributed by atoms with van der Waals surface area (Å²) < 4.78 is 0. The number of hydrogen-bond donors (Lipinski definition) is 1. The number of hydrogen-bond acceptors (Lipinski definition) is 2. The predicted octanol–water partition coefficient (Wildman–Crippen LogP) is 2.78. The monoisotopic (exact) mass is 218 g/mol. The molecule has 2 nitrogen and oxygen atoms in total. The molecule has 0 spiro atoms. The third-order valence-electron chi connectivity index (χ3n) is 3.38. The molecule has 1 aromatic rings. The largest absolute Gasteiger partial charge is 0.367 e. The van der Waals surface area contributed by atoms with Crippen LogP contribution in [0, 0.1) is 0 Å². The van der Waals surface area contributed by atoms with E-state index in [1.807, 2.05) is 0 Å². The van der Waals surface area contributed by atoms with E-state index in [0.717, 1.165) is 19.6 Å². The predicted molar refractivity (Wildman–Crippen MR) is 69.9 cm³/mol. The van der Waals surface area contributed by atoms with Crippen LogP contribution in [-0.2, 0) is 6.54 Å². The van der Waals surface area contributed by atoms with E-state index < -0.39 is 0 Å². The van der Waals surface area contributed by atoms with Crippen LogP contribution in [0.4, 0.5) is 5.69 Å². The van der Waals surface area contributed by atoms with Crippen molar-refractivity contribution in [3.05, 3.63) is 29.8 Å². The van der Waals surface area contributed by atoms with Gasteiger partial charge in [0.05, 0.1) is 0 Å². The fraction of sp³-hybridized carbons (Fsp3) is 0.571. The van der Waals surface area contributed by atoms with Crippen LogP contribution in [0.15, 0.2) is 24.3 Å². The fourth-order valence-corrected chi connectivity index (χ4v) is 2.51. The highest BCUT2D eigenvalue weighted by molar-refractivity contribution is 5.55. The van der Waals surface area contributed by atoms with Crippen molar-refractivity contribution in [2.75, 3.05) is 18.0 Å². The van der Waals surface area contributed by atoms with E-state index in [-0.39, 0.29) is 0 Å². The standard InChI is InChI=1S/C14H22N2/c1-3-6-12(2)16-10-9-15-11-13-7-4-5-8-14(13)16/h4-5,7-8,12,15H,3,6,9-11H2,1-2H3. The van der Waals surface area contributed by atoms with Gasteiger partial charge in [-0.2, -0.15) is 0 Å². The van der Waals surface area contributed by atoms with Gasteiger partial charge in [-0.15, -0.1) is 0 Å². The molecule has 1 unspecified atom stereocenters. The topological polar surface area (TPSA) is 15.3 Å². The first-order valence-electron chi connectivity index (χ1n) is 6.38. The SMILES string of the molecule is CCCC(C)N1CCNCc2ccccc21.